The first-order valence-corrected chi connectivity index (χ1v) is 9.65. The average molecular weight is 385 g/mol. The van der Waals surface area contributed by atoms with Crippen molar-refractivity contribution in [3.8, 4) is 0 Å². The first-order chi connectivity index (χ1) is 9.44. The third kappa shape index (κ3) is 5.09. The number of sulfonamides is 1. The lowest BCUT2D eigenvalue weighted by atomic mass is 10.4. The Morgan fingerprint density at radius 1 is 1.40 bits per heavy atom. The summed E-state index contributed by atoms with van der Waals surface area (Å²) in [5.41, 5.74) is 0. The number of rotatable bonds is 9. The number of nitrogens with one attached hydrogen (secondary N) is 1. The zero-order chi connectivity index (χ0) is 15.2. The summed E-state index contributed by atoms with van der Waals surface area (Å²) in [7, 11) is -3.51. The molecule has 0 saturated carbocycles. The van der Waals surface area contributed by atoms with Gasteiger partial charge in [0.1, 0.15) is 4.90 Å². The van der Waals surface area contributed by atoms with E-state index in [-0.39, 0.29) is 11.5 Å². The molecule has 5 nitrogen and oxygen atoms in total. The van der Waals surface area contributed by atoms with Crippen LogP contribution in [0.2, 0.25) is 0 Å². The van der Waals surface area contributed by atoms with Crippen LogP contribution in [0.25, 0.3) is 0 Å². The first kappa shape index (κ1) is 18.1. The van der Waals surface area contributed by atoms with Crippen LogP contribution in [-0.4, -0.2) is 44.6 Å². The van der Waals surface area contributed by atoms with E-state index >= 15 is 0 Å². The minimum Gasteiger partial charge on any atom is -0.391 e. The molecule has 0 spiro atoms. The lowest BCUT2D eigenvalue weighted by Gasteiger charge is -2.17. The monoisotopic (exact) mass is 384 g/mol. The molecule has 0 aliphatic carbocycles. The van der Waals surface area contributed by atoms with Crippen molar-refractivity contribution >= 4 is 37.3 Å². The Hall–Kier alpha value is 0.01000. The molecule has 0 aliphatic rings. The second-order valence-electron chi connectivity index (χ2n) is 4.29. The summed E-state index contributed by atoms with van der Waals surface area (Å²) in [4.78, 5) is 3.08. The smallest absolute Gasteiger partial charge is 0.242 e. The molecule has 20 heavy (non-hydrogen) atoms. The van der Waals surface area contributed by atoms with E-state index in [0.29, 0.717) is 15.2 Å². The van der Waals surface area contributed by atoms with Crippen LogP contribution < -0.4 is 4.72 Å². The summed E-state index contributed by atoms with van der Waals surface area (Å²) < 4.78 is 27.4. The molecule has 0 aromatic carbocycles. The standard InChI is InChI=1S/C12H21BrN2O3S2/c1-3-15(4-2)7-5-6-14-20(17,18)11-8-10(9-16)19-12(11)13/h8,14,16H,3-7,9H2,1-2H3. The summed E-state index contributed by atoms with van der Waals surface area (Å²) in [6.45, 7) is 7.26. The molecule has 2 N–H and O–H groups in total. The van der Waals surface area contributed by atoms with E-state index in [4.69, 9.17) is 5.11 Å². The van der Waals surface area contributed by atoms with E-state index in [1.165, 1.54) is 17.4 Å². The summed E-state index contributed by atoms with van der Waals surface area (Å²) in [5.74, 6) is 0. The van der Waals surface area contributed by atoms with E-state index in [1.807, 2.05) is 0 Å². The summed E-state index contributed by atoms with van der Waals surface area (Å²) >= 11 is 4.46. The molecular weight excluding hydrogens is 364 g/mol. The van der Waals surface area contributed by atoms with E-state index in [9.17, 15) is 8.42 Å². The SMILES string of the molecule is CCN(CC)CCCNS(=O)(=O)c1cc(CO)sc1Br. The molecule has 1 rings (SSSR count). The molecule has 116 valence electrons. The van der Waals surface area contributed by atoms with E-state index in [0.717, 1.165) is 26.1 Å². The summed E-state index contributed by atoms with van der Waals surface area (Å²) in [6, 6.07) is 1.50. The summed E-state index contributed by atoms with van der Waals surface area (Å²) in [5, 5.41) is 9.04. The second kappa shape index (κ2) is 8.45. The second-order valence-corrected chi connectivity index (χ2v) is 8.48. The molecule has 0 fully saturated rings. The number of aliphatic hydroxyl groups excluding tert-OH is 1. The summed E-state index contributed by atoms with van der Waals surface area (Å²) in [6.07, 6.45) is 0.773. The van der Waals surface area contributed by atoms with Gasteiger partial charge in [-0.15, -0.1) is 11.3 Å². The van der Waals surface area contributed by atoms with Gasteiger partial charge < -0.3 is 10.0 Å². The first-order valence-electron chi connectivity index (χ1n) is 6.55. The molecule has 1 heterocycles. The number of nitrogens with zero attached hydrogens (tertiary/aromatic N) is 1. The highest BCUT2D eigenvalue weighted by atomic mass is 79.9. The van der Waals surface area contributed by atoms with Gasteiger partial charge in [-0.3, -0.25) is 0 Å². The predicted octanol–water partition coefficient (Wildman–Crippen LogP) is 2.01. The number of aliphatic hydroxyl groups is 1. The van der Waals surface area contributed by atoms with Crippen molar-refractivity contribution in [2.24, 2.45) is 0 Å². The fourth-order valence-electron chi connectivity index (χ4n) is 1.79. The topological polar surface area (TPSA) is 69.6 Å². The van der Waals surface area contributed by atoms with Crippen LogP contribution in [-0.2, 0) is 16.6 Å². The molecule has 0 amide bonds. The van der Waals surface area contributed by atoms with Gasteiger partial charge >= 0.3 is 0 Å². The Kier molecular flexibility index (Phi) is 7.63. The van der Waals surface area contributed by atoms with Crippen molar-refractivity contribution in [1.29, 1.82) is 0 Å². The Morgan fingerprint density at radius 2 is 2.05 bits per heavy atom. The lowest BCUT2D eigenvalue weighted by molar-refractivity contribution is 0.285. The Morgan fingerprint density at radius 3 is 2.55 bits per heavy atom. The van der Waals surface area contributed by atoms with Gasteiger partial charge in [-0.1, -0.05) is 13.8 Å². The van der Waals surface area contributed by atoms with Crippen molar-refractivity contribution in [2.75, 3.05) is 26.2 Å². The van der Waals surface area contributed by atoms with Crippen LogP contribution in [0, 0.1) is 0 Å². The van der Waals surface area contributed by atoms with Crippen LogP contribution in [0.15, 0.2) is 14.7 Å². The van der Waals surface area contributed by atoms with Gasteiger partial charge in [0.25, 0.3) is 0 Å². The quantitative estimate of drug-likeness (QED) is 0.638. The van der Waals surface area contributed by atoms with Crippen molar-refractivity contribution in [3.05, 3.63) is 14.7 Å². The van der Waals surface area contributed by atoms with Crippen molar-refractivity contribution < 1.29 is 13.5 Å². The Balaban J connectivity index is 2.55. The largest absolute Gasteiger partial charge is 0.391 e. The Labute approximate surface area is 133 Å². The predicted molar refractivity (Wildman–Crippen MR) is 85.5 cm³/mol. The van der Waals surface area contributed by atoms with Crippen LogP contribution in [0.1, 0.15) is 25.1 Å². The third-order valence-electron chi connectivity index (χ3n) is 2.99. The molecular formula is C12H21BrN2O3S2. The molecule has 0 aliphatic heterocycles. The lowest BCUT2D eigenvalue weighted by Crippen LogP contribution is -2.30. The van der Waals surface area contributed by atoms with Crippen LogP contribution in [0.4, 0.5) is 0 Å². The highest BCUT2D eigenvalue weighted by molar-refractivity contribution is 9.11. The highest BCUT2D eigenvalue weighted by Gasteiger charge is 2.20. The third-order valence-corrected chi connectivity index (χ3v) is 6.69. The van der Waals surface area contributed by atoms with E-state index in [2.05, 4.69) is 39.4 Å². The van der Waals surface area contributed by atoms with Gasteiger partial charge in [-0.25, -0.2) is 13.1 Å². The minimum absolute atomic E-state index is 0.152. The van der Waals surface area contributed by atoms with Gasteiger partial charge in [-0.05, 0) is 48.1 Å². The fourth-order valence-corrected chi connectivity index (χ4v) is 5.40. The molecule has 8 heteroatoms. The molecule has 0 bridgehead atoms. The number of hydrogen-bond donors (Lipinski definition) is 2. The van der Waals surface area contributed by atoms with Crippen LogP contribution in [0.3, 0.4) is 0 Å². The zero-order valence-corrected chi connectivity index (χ0v) is 14.9. The maximum absolute atomic E-state index is 12.1. The zero-order valence-electron chi connectivity index (χ0n) is 11.7. The maximum Gasteiger partial charge on any atom is 0.242 e. The highest BCUT2D eigenvalue weighted by Crippen LogP contribution is 2.31. The maximum atomic E-state index is 12.1. The van der Waals surface area contributed by atoms with Gasteiger partial charge in [-0.2, -0.15) is 0 Å². The number of thiophene rings is 1. The molecule has 0 unspecified atom stereocenters. The van der Waals surface area contributed by atoms with Gasteiger partial charge in [0.2, 0.25) is 10.0 Å². The molecule has 1 aromatic heterocycles. The van der Waals surface area contributed by atoms with Crippen molar-refractivity contribution in [2.45, 2.75) is 31.8 Å². The van der Waals surface area contributed by atoms with Gasteiger partial charge in [0, 0.05) is 11.4 Å². The normalized spacial score (nSPS) is 12.2. The average Bonchev–Trinajstić information content (AvgIpc) is 2.81. The van der Waals surface area contributed by atoms with Crippen LogP contribution >= 0.6 is 27.3 Å². The van der Waals surface area contributed by atoms with Crippen LogP contribution in [0.5, 0.6) is 0 Å². The van der Waals surface area contributed by atoms with E-state index < -0.39 is 10.0 Å². The molecule has 0 radical (unpaired) electrons. The van der Waals surface area contributed by atoms with Crippen molar-refractivity contribution in [1.82, 2.24) is 9.62 Å². The molecule has 1 aromatic rings. The van der Waals surface area contributed by atoms with Gasteiger partial charge in [0.05, 0.1) is 10.4 Å². The van der Waals surface area contributed by atoms with E-state index in [1.54, 1.807) is 0 Å². The number of hydrogen-bond acceptors (Lipinski definition) is 5. The molecule has 0 atom stereocenters. The Bertz CT molecular complexity index is 513. The fraction of sp³-hybridized carbons (Fsp3) is 0.667. The van der Waals surface area contributed by atoms with Gasteiger partial charge in [0.15, 0.2) is 0 Å². The molecule has 0 saturated heterocycles. The minimum atomic E-state index is -3.51. The van der Waals surface area contributed by atoms with Crippen molar-refractivity contribution in [3.63, 3.8) is 0 Å². The number of halogens is 1.